The molecule has 24 heavy (non-hydrogen) atoms. The van der Waals surface area contributed by atoms with Crippen molar-refractivity contribution in [3.8, 4) is 5.69 Å². The van der Waals surface area contributed by atoms with Gasteiger partial charge in [0.25, 0.3) is 5.91 Å². The maximum atomic E-state index is 12.5. The molecule has 0 saturated carbocycles. The Morgan fingerprint density at radius 2 is 2.12 bits per heavy atom. The van der Waals surface area contributed by atoms with Crippen LogP contribution in [0.25, 0.3) is 5.69 Å². The number of aryl methyl sites for hydroxylation is 3. The molecular weight excluding hydrogens is 304 g/mol. The molecule has 1 amide bonds. The molecule has 0 aliphatic carbocycles. The first-order chi connectivity index (χ1) is 11.5. The van der Waals surface area contributed by atoms with Crippen LogP contribution in [-0.4, -0.2) is 39.7 Å². The standard InChI is InChI=1S/C18H24N4O2/c1-11-7-8-15(12(2)10-11)22-20-14(4)17(21-22)18(23)19-13(3)16-6-5-9-24-16/h7-8,10,13,16H,5-6,9H2,1-4H3,(H,19,23). The lowest BCUT2D eigenvalue weighted by atomic mass is 10.1. The summed E-state index contributed by atoms with van der Waals surface area (Å²) in [7, 11) is 0. The fraction of sp³-hybridized carbons (Fsp3) is 0.500. The average Bonchev–Trinajstić information content (AvgIpc) is 3.16. The molecule has 1 aliphatic heterocycles. The maximum Gasteiger partial charge on any atom is 0.274 e. The highest BCUT2D eigenvalue weighted by molar-refractivity contribution is 5.93. The quantitative estimate of drug-likeness (QED) is 0.936. The Bertz CT molecular complexity index is 747. The summed E-state index contributed by atoms with van der Waals surface area (Å²) in [5, 5.41) is 11.8. The molecule has 128 valence electrons. The van der Waals surface area contributed by atoms with Crippen LogP contribution >= 0.6 is 0 Å². The van der Waals surface area contributed by atoms with Gasteiger partial charge in [-0.2, -0.15) is 9.90 Å². The zero-order valence-corrected chi connectivity index (χ0v) is 14.7. The third-order valence-electron chi connectivity index (χ3n) is 4.45. The van der Waals surface area contributed by atoms with E-state index in [0.717, 1.165) is 30.7 Å². The molecule has 0 bridgehead atoms. The SMILES string of the molecule is Cc1ccc(-n2nc(C)c(C(=O)NC(C)C3CCCO3)n2)c(C)c1. The van der Waals surface area contributed by atoms with Crippen LogP contribution in [0, 0.1) is 20.8 Å². The van der Waals surface area contributed by atoms with E-state index in [1.807, 2.05) is 32.9 Å². The Labute approximate surface area is 142 Å². The molecule has 3 rings (SSSR count). The number of ether oxygens (including phenoxy) is 1. The van der Waals surface area contributed by atoms with Crippen LogP contribution in [0.15, 0.2) is 18.2 Å². The van der Waals surface area contributed by atoms with E-state index in [1.54, 1.807) is 6.92 Å². The minimum absolute atomic E-state index is 0.0364. The number of amides is 1. The first kappa shape index (κ1) is 16.6. The van der Waals surface area contributed by atoms with Crippen molar-refractivity contribution >= 4 is 5.91 Å². The molecule has 2 heterocycles. The second kappa shape index (κ2) is 6.73. The first-order valence-electron chi connectivity index (χ1n) is 8.39. The van der Waals surface area contributed by atoms with Gasteiger partial charge in [-0.1, -0.05) is 17.7 Å². The minimum atomic E-state index is -0.202. The van der Waals surface area contributed by atoms with Crippen molar-refractivity contribution in [2.24, 2.45) is 0 Å². The smallest absolute Gasteiger partial charge is 0.274 e. The molecule has 1 saturated heterocycles. The third-order valence-corrected chi connectivity index (χ3v) is 4.45. The van der Waals surface area contributed by atoms with Crippen molar-refractivity contribution in [1.82, 2.24) is 20.3 Å². The highest BCUT2D eigenvalue weighted by Crippen LogP contribution is 2.17. The molecule has 1 N–H and O–H groups in total. The molecule has 0 spiro atoms. The van der Waals surface area contributed by atoms with Crippen molar-refractivity contribution < 1.29 is 9.53 Å². The van der Waals surface area contributed by atoms with Gasteiger partial charge in [-0.25, -0.2) is 0 Å². The fourth-order valence-electron chi connectivity index (χ4n) is 3.09. The maximum absolute atomic E-state index is 12.5. The minimum Gasteiger partial charge on any atom is -0.376 e. The molecule has 1 aliphatic rings. The van der Waals surface area contributed by atoms with E-state index in [9.17, 15) is 4.79 Å². The predicted octanol–water partition coefficient (Wildman–Crippen LogP) is 2.49. The van der Waals surface area contributed by atoms with Gasteiger partial charge in [-0.15, -0.1) is 5.10 Å². The number of nitrogens with one attached hydrogen (secondary N) is 1. The van der Waals surface area contributed by atoms with E-state index in [-0.39, 0.29) is 18.1 Å². The monoisotopic (exact) mass is 328 g/mol. The van der Waals surface area contributed by atoms with Gasteiger partial charge in [0.2, 0.25) is 0 Å². The summed E-state index contributed by atoms with van der Waals surface area (Å²) in [4.78, 5) is 14.1. The number of carbonyl (C=O) groups is 1. The highest BCUT2D eigenvalue weighted by atomic mass is 16.5. The number of benzene rings is 1. The summed E-state index contributed by atoms with van der Waals surface area (Å²) in [6.07, 6.45) is 2.12. The van der Waals surface area contributed by atoms with E-state index in [0.29, 0.717) is 11.4 Å². The van der Waals surface area contributed by atoms with Crippen molar-refractivity contribution in [3.63, 3.8) is 0 Å². The second-order valence-electron chi connectivity index (χ2n) is 6.53. The molecule has 1 fully saturated rings. The zero-order valence-electron chi connectivity index (χ0n) is 14.7. The first-order valence-corrected chi connectivity index (χ1v) is 8.39. The molecule has 1 aromatic heterocycles. The van der Waals surface area contributed by atoms with Gasteiger partial charge in [0.05, 0.1) is 23.5 Å². The van der Waals surface area contributed by atoms with Gasteiger partial charge in [-0.3, -0.25) is 4.79 Å². The summed E-state index contributed by atoms with van der Waals surface area (Å²) in [5.41, 5.74) is 4.12. The van der Waals surface area contributed by atoms with Gasteiger partial charge in [-0.05, 0) is 52.2 Å². The number of carbonyl (C=O) groups excluding carboxylic acids is 1. The number of hydrogen-bond acceptors (Lipinski definition) is 4. The molecule has 2 unspecified atom stereocenters. The van der Waals surface area contributed by atoms with Crippen molar-refractivity contribution in [2.45, 2.75) is 52.7 Å². The largest absolute Gasteiger partial charge is 0.376 e. The molecule has 0 radical (unpaired) electrons. The summed E-state index contributed by atoms with van der Waals surface area (Å²) in [6.45, 7) is 8.60. The summed E-state index contributed by atoms with van der Waals surface area (Å²) < 4.78 is 5.63. The topological polar surface area (TPSA) is 69.0 Å². The van der Waals surface area contributed by atoms with E-state index >= 15 is 0 Å². The van der Waals surface area contributed by atoms with Crippen LogP contribution in [0.5, 0.6) is 0 Å². The Kier molecular flexibility index (Phi) is 4.66. The average molecular weight is 328 g/mol. The molecule has 2 aromatic rings. The zero-order chi connectivity index (χ0) is 17.3. The molecule has 2 atom stereocenters. The molecule has 1 aromatic carbocycles. The number of aromatic nitrogens is 3. The Hall–Kier alpha value is -2.21. The second-order valence-corrected chi connectivity index (χ2v) is 6.53. The molecule has 6 nitrogen and oxygen atoms in total. The van der Waals surface area contributed by atoms with Gasteiger partial charge in [0, 0.05) is 6.61 Å². The number of nitrogens with zero attached hydrogens (tertiary/aromatic N) is 3. The van der Waals surface area contributed by atoms with E-state index in [4.69, 9.17) is 4.74 Å². The number of hydrogen-bond donors (Lipinski definition) is 1. The van der Waals surface area contributed by atoms with Crippen molar-refractivity contribution in [1.29, 1.82) is 0 Å². The van der Waals surface area contributed by atoms with Gasteiger partial charge >= 0.3 is 0 Å². The van der Waals surface area contributed by atoms with Gasteiger partial charge in [0.1, 0.15) is 0 Å². The van der Waals surface area contributed by atoms with Gasteiger partial charge < -0.3 is 10.1 Å². The predicted molar refractivity (Wildman–Crippen MR) is 91.5 cm³/mol. The summed E-state index contributed by atoms with van der Waals surface area (Å²) in [5.74, 6) is -0.202. The molecule has 6 heteroatoms. The summed E-state index contributed by atoms with van der Waals surface area (Å²) in [6, 6.07) is 6.03. The lowest BCUT2D eigenvalue weighted by Crippen LogP contribution is -2.41. The Morgan fingerprint density at radius 1 is 1.33 bits per heavy atom. The van der Waals surface area contributed by atoms with Crippen molar-refractivity contribution in [2.75, 3.05) is 6.61 Å². The fourth-order valence-corrected chi connectivity index (χ4v) is 3.09. The van der Waals surface area contributed by atoms with E-state index in [2.05, 4.69) is 21.6 Å². The molecular formula is C18H24N4O2. The highest BCUT2D eigenvalue weighted by Gasteiger charge is 2.26. The van der Waals surface area contributed by atoms with E-state index < -0.39 is 0 Å². The lowest BCUT2D eigenvalue weighted by Gasteiger charge is -2.19. The van der Waals surface area contributed by atoms with Crippen LogP contribution in [0.4, 0.5) is 0 Å². The normalized spacial score (nSPS) is 18.6. The van der Waals surface area contributed by atoms with Crippen molar-refractivity contribution in [3.05, 3.63) is 40.7 Å². The van der Waals surface area contributed by atoms with Gasteiger partial charge in [0.15, 0.2) is 5.69 Å². The van der Waals surface area contributed by atoms with Crippen LogP contribution in [0.2, 0.25) is 0 Å². The van der Waals surface area contributed by atoms with Crippen LogP contribution < -0.4 is 5.32 Å². The Morgan fingerprint density at radius 3 is 2.79 bits per heavy atom. The number of rotatable bonds is 4. The third kappa shape index (κ3) is 3.33. The van der Waals surface area contributed by atoms with Crippen LogP contribution in [-0.2, 0) is 4.74 Å². The van der Waals surface area contributed by atoms with Crippen LogP contribution in [0.3, 0.4) is 0 Å². The summed E-state index contributed by atoms with van der Waals surface area (Å²) >= 11 is 0. The lowest BCUT2D eigenvalue weighted by molar-refractivity contribution is 0.0709. The van der Waals surface area contributed by atoms with E-state index in [1.165, 1.54) is 10.4 Å². The van der Waals surface area contributed by atoms with Crippen LogP contribution in [0.1, 0.15) is 47.1 Å². The Balaban J connectivity index is 1.79.